The number of carboxylic acids is 1. The lowest BCUT2D eigenvalue weighted by molar-refractivity contribution is -0.138. The minimum absolute atomic E-state index is 0.00336. The molecule has 0 radical (unpaired) electrons. The monoisotopic (exact) mass is 418 g/mol. The second-order valence-electron chi connectivity index (χ2n) is 7.94. The molecule has 1 aliphatic heterocycles. The predicted molar refractivity (Wildman–Crippen MR) is 110 cm³/mol. The van der Waals surface area contributed by atoms with Crippen molar-refractivity contribution in [1.82, 2.24) is 25.1 Å². The van der Waals surface area contributed by atoms with Gasteiger partial charge >= 0.3 is 5.97 Å². The van der Waals surface area contributed by atoms with Gasteiger partial charge in [0.2, 0.25) is 11.1 Å². The molecule has 1 amide bonds. The molecule has 29 heavy (non-hydrogen) atoms. The van der Waals surface area contributed by atoms with E-state index in [1.807, 2.05) is 4.90 Å². The fourth-order valence-electron chi connectivity index (χ4n) is 3.33. The van der Waals surface area contributed by atoms with Crippen molar-refractivity contribution in [3.63, 3.8) is 0 Å². The van der Waals surface area contributed by atoms with E-state index < -0.39 is 5.97 Å². The molecule has 1 N–H and O–H groups in total. The lowest BCUT2D eigenvalue weighted by Crippen LogP contribution is -2.49. The molecule has 156 valence electrons. The van der Waals surface area contributed by atoms with Crippen LogP contribution in [0.4, 0.5) is 5.69 Å². The van der Waals surface area contributed by atoms with E-state index in [0.717, 1.165) is 24.9 Å². The number of carbonyl (C=O) groups is 2. The number of anilines is 1. The molecule has 1 aliphatic rings. The minimum Gasteiger partial charge on any atom is -0.480 e. The first-order valence-corrected chi connectivity index (χ1v) is 10.5. The van der Waals surface area contributed by atoms with Crippen LogP contribution in [0.1, 0.15) is 26.3 Å². The molecule has 2 aromatic rings. The van der Waals surface area contributed by atoms with Gasteiger partial charge in [0.25, 0.3) is 0 Å². The maximum absolute atomic E-state index is 12.6. The molecule has 1 aromatic heterocycles. The third-order valence-electron chi connectivity index (χ3n) is 4.79. The maximum Gasteiger partial charge on any atom is 0.325 e. The summed E-state index contributed by atoms with van der Waals surface area (Å²) in [6.07, 6.45) is 0. The molecule has 1 saturated heterocycles. The average Bonchev–Trinajstić information content (AvgIpc) is 3.12. The standard InChI is InChI=1S/C19H26N6O3S/c1-19(2,3)14-6-4-5-7-15(14)23-8-10-24(11-9-23)16(26)13-29-18-20-21-22-25(18)12-17(27)28/h4-7H,8-13H2,1-3H3,(H,27,28). The van der Waals surface area contributed by atoms with Gasteiger partial charge in [-0.1, -0.05) is 50.7 Å². The maximum atomic E-state index is 12.6. The Hall–Kier alpha value is -2.62. The van der Waals surface area contributed by atoms with Crippen LogP contribution in [0.3, 0.4) is 0 Å². The van der Waals surface area contributed by atoms with Crippen molar-refractivity contribution < 1.29 is 14.7 Å². The minimum atomic E-state index is -1.03. The summed E-state index contributed by atoms with van der Waals surface area (Å²) < 4.78 is 1.18. The summed E-state index contributed by atoms with van der Waals surface area (Å²) in [4.78, 5) is 27.6. The van der Waals surface area contributed by atoms with Crippen LogP contribution in [0.25, 0.3) is 0 Å². The van der Waals surface area contributed by atoms with Crippen LogP contribution in [0.5, 0.6) is 0 Å². The summed E-state index contributed by atoms with van der Waals surface area (Å²) in [5.41, 5.74) is 2.59. The summed E-state index contributed by atoms with van der Waals surface area (Å²) in [6.45, 7) is 9.16. The Morgan fingerprint density at radius 1 is 1.14 bits per heavy atom. The molecule has 1 fully saturated rings. The number of nitrogens with zero attached hydrogens (tertiary/aromatic N) is 6. The summed E-state index contributed by atoms with van der Waals surface area (Å²) in [5, 5.41) is 20.1. The Morgan fingerprint density at radius 3 is 2.48 bits per heavy atom. The predicted octanol–water partition coefficient (Wildman–Crippen LogP) is 1.50. The van der Waals surface area contributed by atoms with E-state index in [9.17, 15) is 9.59 Å². The van der Waals surface area contributed by atoms with Crippen molar-refractivity contribution >= 4 is 29.3 Å². The SMILES string of the molecule is CC(C)(C)c1ccccc1N1CCN(C(=O)CSc2nnnn2CC(=O)O)CC1. The van der Waals surface area contributed by atoms with Gasteiger partial charge in [0.15, 0.2) is 0 Å². The Bertz CT molecular complexity index is 871. The van der Waals surface area contributed by atoms with Crippen molar-refractivity contribution in [2.24, 2.45) is 0 Å². The van der Waals surface area contributed by atoms with Crippen LogP contribution >= 0.6 is 11.8 Å². The molecule has 0 saturated carbocycles. The van der Waals surface area contributed by atoms with E-state index in [4.69, 9.17) is 5.11 Å². The molecule has 10 heteroatoms. The molecule has 0 spiro atoms. The number of piperazine rings is 1. The fourth-order valence-corrected chi connectivity index (χ4v) is 4.10. The van der Waals surface area contributed by atoms with Gasteiger partial charge in [-0.05, 0) is 27.5 Å². The number of aromatic nitrogens is 4. The quantitative estimate of drug-likeness (QED) is 0.704. The second-order valence-corrected chi connectivity index (χ2v) is 8.88. The second kappa shape index (κ2) is 8.81. The van der Waals surface area contributed by atoms with Crippen molar-refractivity contribution in [2.45, 2.75) is 37.9 Å². The smallest absolute Gasteiger partial charge is 0.325 e. The number of aliphatic carboxylic acids is 1. The Balaban J connectivity index is 1.56. The number of benzene rings is 1. The van der Waals surface area contributed by atoms with E-state index in [1.165, 1.54) is 15.9 Å². The van der Waals surface area contributed by atoms with Gasteiger partial charge in [0, 0.05) is 31.9 Å². The zero-order valence-corrected chi connectivity index (χ0v) is 17.7. The Morgan fingerprint density at radius 2 is 1.83 bits per heavy atom. The number of thioether (sulfide) groups is 1. The van der Waals surface area contributed by atoms with Crippen molar-refractivity contribution in [1.29, 1.82) is 0 Å². The number of tetrazole rings is 1. The molecule has 9 nitrogen and oxygen atoms in total. The topological polar surface area (TPSA) is 104 Å². The zero-order valence-electron chi connectivity index (χ0n) is 16.9. The van der Waals surface area contributed by atoms with E-state index in [1.54, 1.807) is 0 Å². The van der Waals surface area contributed by atoms with Gasteiger partial charge in [-0.2, -0.15) is 0 Å². The van der Waals surface area contributed by atoms with E-state index in [0.29, 0.717) is 18.2 Å². The molecule has 0 bridgehead atoms. The first-order valence-electron chi connectivity index (χ1n) is 9.48. The van der Waals surface area contributed by atoms with Gasteiger partial charge in [0.1, 0.15) is 6.54 Å². The summed E-state index contributed by atoms with van der Waals surface area (Å²) in [6, 6.07) is 8.44. The number of hydrogen-bond donors (Lipinski definition) is 1. The number of para-hydroxylation sites is 1. The largest absolute Gasteiger partial charge is 0.480 e. The van der Waals surface area contributed by atoms with Crippen molar-refractivity contribution in [2.75, 3.05) is 36.8 Å². The first-order chi connectivity index (χ1) is 13.8. The number of carbonyl (C=O) groups excluding carboxylic acids is 1. The Kier molecular flexibility index (Phi) is 6.41. The highest BCUT2D eigenvalue weighted by atomic mass is 32.2. The van der Waals surface area contributed by atoms with Gasteiger partial charge in [0.05, 0.1) is 5.75 Å². The highest BCUT2D eigenvalue weighted by Crippen LogP contribution is 2.32. The number of rotatable bonds is 6. The van der Waals surface area contributed by atoms with E-state index >= 15 is 0 Å². The van der Waals surface area contributed by atoms with Crippen LogP contribution in [-0.2, 0) is 21.5 Å². The third-order valence-corrected chi connectivity index (χ3v) is 5.74. The number of hydrogen-bond acceptors (Lipinski definition) is 7. The van der Waals surface area contributed by atoms with Gasteiger partial charge < -0.3 is 14.9 Å². The van der Waals surface area contributed by atoms with Gasteiger partial charge in [-0.25, -0.2) is 4.68 Å². The van der Waals surface area contributed by atoms with Crippen LogP contribution in [0, 0.1) is 0 Å². The van der Waals surface area contributed by atoms with Crippen LogP contribution in [-0.4, -0.2) is 74.0 Å². The normalized spacial score (nSPS) is 14.9. The molecule has 0 atom stereocenters. The Labute approximate surface area is 174 Å². The average molecular weight is 419 g/mol. The number of amides is 1. The molecule has 0 aliphatic carbocycles. The highest BCUT2D eigenvalue weighted by Gasteiger charge is 2.26. The van der Waals surface area contributed by atoms with E-state index in [2.05, 4.69) is 65.5 Å². The highest BCUT2D eigenvalue weighted by molar-refractivity contribution is 7.99. The molecule has 1 aromatic carbocycles. The lowest BCUT2D eigenvalue weighted by Gasteiger charge is -2.38. The zero-order chi connectivity index (χ0) is 21.0. The molecule has 3 rings (SSSR count). The molecule has 0 unspecified atom stereocenters. The van der Waals surface area contributed by atoms with Crippen LogP contribution in [0.15, 0.2) is 29.4 Å². The van der Waals surface area contributed by atoms with Crippen molar-refractivity contribution in [3.8, 4) is 0 Å². The molecular weight excluding hydrogens is 392 g/mol. The first kappa shape index (κ1) is 21.1. The van der Waals surface area contributed by atoms with E-state index in [-0.39, 0.29) is 23.6 Å². The van der Waals surface area contributed by atoms with Gasteiger partial charge in [-0.3, -0.25) is 9.59 Å². The molecule has 2 heterocycles. The van der Waals surface area contributed by atoms with Crippen LogP contribution in [0.2, 0.25) is 0 Å². The summed E-state index contributed by atoms with van der Waals surface area (Å²) in [7, 11) is 0. The third kappa shape index (κ3) is 5.26. The van der Waals surface area contributed by atoms with Crippen LogP contribution < -0.4 is 4.90 Å². The summed E-state index contributed by atoms with van der Waals surface area (Å²) >= 11 is 1.16. The fraction of sp³-hybridized carbons (Fsp3) is 0.526. The number of carboxylic acid groups (broad SMARTS) is 1. The summed E-state index contributed by atoms with van der Waals surface area (Å²) in [5.74, 6) is -0.848. The van der Waals surface area contributed by atoms with Crippen molar-refractivity contribution in [3.05, 3.63) is 29.8 Å². The van der Waals surface area contributed by atoms with Gasteiger partial charge in [-0.15, -0.1) is 5.10 Å². The lowest BCUT2D eigenvalue weighted by atomic mass is 9.85. The molecular formula is C19H26N6O3S.